The van der Waals surface area contributed by atoms with Crippen LogP contribution in [0.2, 0.25) is 0 Å². The highest BCUT2D eigenvalue weighted by Crippen LogP contribution is 2.30. The molecular formula is C18H26N4O. The molecule has 1 aromatic carbocycles. The van der Waals surface area contributed by atoms with E-state index in [2.05, 4.69) is 46.1 Å². The maximum Gasteiger partial charge on any atom is 0.112 e. The lowest BCUT2D eigenvalue weighted by Gasteiger charge is -2.36. The third kappa shape index (κ3) is 2.89. The summed E-state index contributed by atoms with van der Waals surface area (Å²) in [6.45, 7) is 4.58. The van der Waals surface area contributed by atoms with Crippen LogP contribution in [0.15, 0.2) is 24.3 Å². The van der Waals surface area contributed by atoms with Gasteiger partial charge in [-0.25, -0.2) is 4.98 Å². The van der Waals surface area contributed by atoms with Crippen LogP contribution in [0.5, 0.6) is 0 Å². The van der Waals surface area contributed by atoms with E-state index < -0.39 is 5.60 Å². The fourth-order valence-corrected chi connectivity index (χ4v) is 4.16. The minimum absolute atomic E-state index is 0.523. The number of para-hydroxylation sites is 2. The summed E-state index contributed by atoms with van der Waals surface area (Å²) in [4.78, 5) is 7.29. The van der Waals surface area contributed by atoms with Crippen molar-refractivity contribution in [2.75, 3.05) is 32.7 Å². The third-order valence-corrected chi connectivity index (χ3v) is 5.51. The molecule has 2 fully saturated rings. The molecule has 5 heteroatoms. The average molecular weight is 314 g/mol. The second-order valence-corrected chi connectivity index (χ2v) is 7.22. The normalized spacial score (nSPS) is 27.0. The highest BCUT2D eigenvalue weighted by molar-refractivity contribution is 5.75. The predicted octanol–water partition coefficient (Wildman–Crippen LogP) is 1.48. The van der Waals surface area contributed by atoms with Gasteiger partial charge in [-0.1, -0.05) is 12.1 Å². The molecule has 2 aliphatic heterocycles. The van der Waals surface area contributed by atoms with Crippen molar-refractivity contribution >= 4 is 11.0 Å². The summed E-state index contributed by atoms with van der Waals surface area (Å²) < 4.78 is 2.25. The van der Waals surface area contributed by atoms with Crippen molar-refractivity contribution in [2.45, 2.75) is 30.8 Å². The fourth-order valence-electron chi connectivity index (χ4n) is 4.16. The number of hydrogen-bond acceptors (Lipinski definition) is 4. The molecule has 0 aliphatic carbocycles. The maximum absolute atomic E-state index is 10.5. The number of fused-ring (bicyclic) bond motifs is 1. The molecule has 0 bridgehead atoms. The predicted molar refractivity (Wildman–Crippen MR) is 91.6 cm³/mol. The number of likely N-dealkylation sites (tertiary alicyclic amines) is 1. The van der Waals surface area contributed by atoms with Crippen LogP contribution in [0, 0.1) is 0 Å². The summed E-state index contributed by atoms with van der Waals surface area (Å²) in [6, 6.07) is 8.37. The van der Waals surface area contributed by atoms with E-state index in [0.29, 0.717) is 5.92 Å². The first-order chi connectivity index (χ1) is 11.1. The Labute approximate surface area is 137 Å². The van der Waals surface area contributed by atoms with Gasteiger partial charge in [0.1, 0.15) is 5.82 Å². The van der Waals surface area contributed by atoms with Crippen LogP contribution in [-0.2, 0) is 7.05 Å². The standard InChI is InChI=1S/C18H26N4O/c1-21-16-5-3-2-4-15(16)20-17(21)14-6-10-22(11-7-14)13-18(23)8-9-19-12-18/h2-5,14,19,23H,6-13H2,1H3/t18-/m0/s1. The van der Waals surface area contributed by atoms with E-state index in [0.717, 1.165) is 57.5 Å². The number of nitrogens with one attached hydrogen (secondary N) is 1. The van der Waals surface area contributed by atoms with Crippen molar-refractivity contribution in [3.8, 4) is 0 Å². The van der Waals surface area contributed by atoms with E-state index >= 15 is 0 Å². The Morgan fingerprint density at radius 1 is 1.30 bits per heavy atom. The Balaban J connectivity index is 1.43. The molecule has 0 saturated carbocycles. The minimum Gasteiger partial charge on any atom is -0.387 e. The van der Waals surface area contributed by atoms with E-state index in [9.17, 15) is 5.11 Å². The largest absolute Gasteiger partial charge is 0.387 e. The molecule has 5 nitrogen and oxygen atoms in total. The Hall–Kier alpha value is -1.43. The number of β-amino-alcohol motifs (C(OH)–C–C–N with tert-alkyl or cyclic N) is 1. The maximum atomic E-state index is 10.5. The molecule has 23 heavy (non-hydrogen) atoms. The highest BCUT2D eigenvalue weighted by atomic mass is 16.3. The molecule has 2 aromatic rings. The second kappa shape index (κ2) is 5.89. The molecule has 0 unspecified atom stereocenters. The molecule has 0 amide bonds. The van der Waals surface area contributed by atoms with E-state index in [-0.39, 0.29) is 0 Å². The van der Waals surface area contributed by atoms with Crippen LogP contribution < -0.4 is 5.32 Å². The molecule has 124 valence electrons. The third-order valence-electron chi connectivity index (χ3n) is 5.51. The molecule has 2 aliphatic rings. The van der Waals surface area contributed by atoms with E-state index in [1.165, 1.54) is 11.3 Å². The molecule has 3 heterocycles. The SMILES string of the molecule is Cn1c(C2CCN(C[C@]3(O)CCNC3)CC2)nc2ccccc21. The molecule has 1 aromatic heterocycles. The number of hydrogen-bond donors (Lipinski definition) is 2. The molecule has 0 spiro atoms. The van der Waals surface area contributed by atoms with Crippen LogP contribution in [0.3, 0.4) is 0 Å². The highest BCUT2D eigenvalue weighted by Gasteiger charge is 2.34. The Kier molecular flexibility index (Phi) is 3.87. The van der Waals surface area contributed by atoms with Gasteiger partial charge >= 0.3 is 0 Å². The van der Waals surface area contributed by atoms with Crippen molar-refractivity contribution < 1.29 is 5.11 Å². The van der Waals surface area contributed by atoms with Gasteiger partial charge in [0.05, 0.1) is 16.6 Å². The lowest BCUT2D eigenvalue weighted by Crippen LogP contribution is -2.47. The van der Waals surface area contributed by atoms with E-state index in [1.807, 2.05) is 0 Å². The number of aromatic nitrogens is 2. The van der Waals surface area contributed by atoms with Crippen molar-refractivity contribution in [3.63, 3.8) is 0 Å². The number of rotatable bonds is 3. The van der Waals surface area contributed by atoms with E-state index in [4.69, 9.17) is 4.98 Å². The van der Waals surface area contributed by atoms with Gasteiger partial charge in [-0.3, -0.25) is 0 Å². The van der Waals surface area contributed by atoms with Crippen LogP contribution in [0.4, 0.5) is 0 Å². The first-order valence-electron chi connectivity index (χ1n) is 8.71. The smallest absolute Gasteiger partial charge is 0.112 e. The molecule has 1 atom stereocenters. The molecule has 2 saturated heterocycles. The van der Waals surface area contributed by atoms with Gasteiger partial charge in [-0.05, 0) is 51.0 Å². The Morgan fingerprint density at radius 2 is 2.09 bits per heavy atom. The number of benzene rings is 1. The van der Waals surface area contributed by atoms with E-state index in [1.54, 1.807) is 0 Å². The lowest BCUT2D eigenvalue weighted by atomic mass is 9.94. The number of imidazole rings is 1. The average Bonchev–Trinajstić information content (AvgIpc) is 3.13. The van der Waals surface area contributed by atoms with Gasteiger partial charge < -0.3 is 19.9 Å². The van der Waals surface area contributed by atoms with Crippen LogP contribution in [-0.4, -0.2) is 57.9 Å². The van der Waals surface area contributed by atoms with Crippen LogP contribution >= 0.6 is 0 Å². The molecular weight excluding hydrogens is 288 g/mol. The Morgan fingerprint density at radius 3 is 2.78 bits per heavy atom. The second-order valence-electron chi connectivity index (χ2n) is 7.22. The zero-order chi connectivity index (χ0) is 15.9. The summed E-state index contributed by atoms with van der Waals surface area (Å²) in [5.41, 5.74) is 1.79. The number of aliphatic hydroxyl groups is 1. The summed E-state index contributed by atoms with van der Waals surface area (Å²) >= 11 is 0. The van der Waals surface area contributed by atoms with Crippen molar-refractivity contribution in [3.05, 3.63) is 30.1 Å². The zero-order valence-electron chi connectivity index (χ0n) is 13.8. The summed E-state index contributed by atoms with van der Waals surface area (Å²) in [6.07, 6.45) is 3.12. The summed E-state index contributed by atoms with van der Waals surface area (Å²) in [5.74, 6) is 1.74. The minimum atomic E-state index is -0.523. The van der Waals surface area contributed by atoms with Gasteiger partial charge in [0.15, 0.2) is 0 Å². The quantitative estimate of drug-likeness (QED) is 0.901. The van der Waals surface area contributed by atoms with Crippen LogP contribution in [0.25, 0.3) is 11.0 Å². The number of aryl methyl sites for hydroxylation is 1. The number of piperidine rings is 1. The molecule has 2 N–H and O–H groups in total. The summed E-state index contributed by atoms with van der Waals surface area (Å²) in [7, 11) is 2.13. The summed E-state index contributed by atoms with van der Waals surface area (Å²) in [5, 5.41) is 13.8. The van der Waals surface area contributed by atoms with Gasteiger partial charge in [0.2, 0.25) is 0 Å². The van der Waals surface area contributed by atoms with Crippen molar-refractivity contribution in [1.29, 1.82) is 0 Å². The first kappa shape index (κ1) is 15.1. The van der Waals surface area contributed by atoms with Crippen LogP contribution in [0.1, 0.15) is 31.0 Å². The topological polar surface area (TPSA) is 53.3 Å². The Bertz CT molecular complexity index is 681. The molecule has 0 radical (unpaired) electrons. The van der Waals surface area contributed by atoms with Gasteiger partial charge in [-0.15, -0.1) is 0 Å². The fraction of sp³-hybridized carbons (Fsp3) is 0.611. The van der Waals surface area contributed by atoms with Crippen molar-refractivity contribution in [1.82, 2.24) is 19.8 Å². The van der Waals surface area contributed by atoms with Gasteiger partial charge in [-0.2, -0.15) is 0 Å². The first-order valence-corrected chi connectivity index (χ1v) is 8.71. The number of nitrogens with zero attached hydrogens (tertiary/aromatic N) is 3. The van der Waals surface area contributed by atoms with Crippen molar-refractivity contribution in [2.24, 2.45) is 7.05 Å². The van der Waals surface area contributed by atoms with Gasteiger partial charge in [0, 0.05) is 26.1 Å². The monoisotopic (exact) mass is 314 g/mol. The van der Waals surface area contributed by atoms with Gasteiger partial charge in [0.25, 0.3) is 0 Å². The lowest BCUT2D eigenvalue weighted by molar-refractivity contribution is 0.0135. The zero-order valence-corrected chi connectivity index (χ0v) is 13.8. The molecule has 4 rings (SSSR count).